The molecule has 18 heavy (non-hydrogen) atoms. The maximum Gasteiger partial charge on any atom is 0.119 e. The molecule has 2 nitrogen and oxygen atoms in total. The summed E-state index contributed by atoms with van der Waals surface area (Å²) in [6, 6.07) is 7.83. The summed E-state index contributed by atoms with van der Waals surface area (Å²) < 4.78 is 5.42. The molecule has 1 N–H and O–H groups in total. The van der Waals surface area contributed by atoms with E-state index in [4.69, 9.17) is 10.1 Å². The van der Waals surface area contributed by atoms with Crippen LogP contribution in [-0.2, 0) is 0 Å². The molecule has 1 aromatic carbocycles. The van der Waals surface area contributed by atoms with E-state index in [2.05, 4.69) is 0 Å². The predicted molar refractivity (Wildman–Crippen MR) is 78.3 cm³/mol. The molecule has 0 spiro atoms. The van der Waals surface area contributed by atoms with E-state index >= 15 is 0 Å². The van der Waals surface area contributed by atoms with Gasteiger partial charge in [0.15, 0.2) is 0 Å². The molecule has 1 rings (SSSR count). The van der Waals surface area contributed by atoms with Gasteiger partial charge in [-0.15, -0.1) is 0 Å². The van der Waals surface area contributed by atoms with E-state index in [0.717, 1.165) is 11.3 Å². The molecule has 0 unspecified atom stereocenters. The van der Waals surface area contributed by atoms with Crippen molar-refractivity contribution in [3.05, 3.63) is 60.2 Å². The summed E-state index contributed by atoms with van der Waals surface area (Å²) in [5.41, 5.74) is 1.50. The molecule has 0 aliphatic heterocycles. The number of rotatable bonds is 6. The molecule has 0 aromatic heterocycles. The van der Waals surface area contributed by atoms with Crippen LogP contribution in [0.1, 0.15) is 19.4 Å². The lowest BCUT2D eigenvalue weighted by molar-refractivity contribution is 0.340. The van der Waals surface area contributed by atoms with Gasteiger partial charge >= 0.3 is 0 Å². The monoisotopic (exact) mass is 241 g/mol. The van der Waals surface area contributed by atoms with E-state index in [1.54, 1.807) is 12.2 Å². The van der Waals surface area contributed by atoms with E-state index in [9.17, 15) is 0 Å². The topological polar surface area (TPSA) is 33.1 Å². The second kappa shape index (κ2) is 8.07. The van der Waals surface area contributed by atoms with Gasteiger partial charge in [0.25, 0.3) is 0 Å². The van der Waals surface area contributed by atoms with Gasteiger partial charge < -0.3 is 10.1 Å². The van der Waals surface area contributed by atoms with Crippen molar-refractivity contribution in [3.8, 4) is 5.75 Å². The van der Waals surface area contributed by atoms with Crippen LogP contribution in [-0.4, -0.2) is 12.3 Å². The average molecular weight is 241 g/mol. The van der Waals surface area contributed by atoms with Gasteiger partial charge in [0.1, 0.15) is 5.75 Å². The summed E-state index contributed by atoms with van der Waals surface area (Å²) >= 11 is 0. The third-order valence-electron chi connectivity index (χ3n) is 2.20. The molecule has 2 heteroatoms. The molecule has 0 amide bonds. The van der Waals surface area contributed by atoms with Gasteiger partial charge in [-0.05, 0) is 43.7 Å². The van der Waals surface area contributed by atoms with Crippen LogP contribution in [0.4, 0.5) is 0 Å². The van der Waals surface area contributed by atoms with E-state index < -0.39 is 0 Å². The van der Waals surface area contributed by atoms with Crippen LogP contribution in [0.15, 0.2) is 54.6 Å². The predicted octanol–water partition coefficient (Wildman–Crippen LogP) is 4.25. The first-order valence-electron chi connectivity index (χ1n) is 6.05. The minimum absolute atomic E-state index is 0.468. The van der Waals surface area contributed by atoms with Crippen molar-refractivity contribution < 1.29 is 4.74 Å². The Balaban J connectivity index is 2.66. The third-order valence-corrected chi connectivity index (χ3v) is 2.20. The van der Waals surface area contributed by atoms with Crippen molar-refractivity contribution in [2.45, 2.75) is 13.8 Å². The molecule has 0 bridgehead atoms. The highest BCUT2D eigenvalue weighted by atomic mass is 16.5. The number of benzene rings is 1. The van der Waals surface area contributed by atoms with Crippen molar-refractivity contribution in [2.24, 2.45) is 0 Å². The third kappa shape index (κ3) is 5.30. The first-order valence-corrected chi connectivity index (χ1v) is 6.05. The van der Waals surface area contributed by atoms with Crippen LogP contribution in [0, 0.1) is 5.41 Å². The molecule has 0 radical (unpaired) electrons. The summed E-state index contributed by atoms with van der Waals surface area (Å²) in [7, 11) is 0. The summed E-state index contributed by atoms with van der Waals surface area (Å²) in [6.45, 7) is 4.57. The van der Waals surface area contributed by atoms with Crippen molar-refractivity contribution >= 4 is 11.8 Å². The van der Waals surface area contributed by atoms with E-state index in [-0.39, 0.29) is 0 Å². The summed E-state index contributed by atoms with van der Waals surface area (Å²) in [4.78, 5) is 0. The van der Waals surface area contributed by atoms with Gasteiger partial charge in [-0.3, -0.25) is 0 Å². The van der Waals surface area contributed by atoms with Crippen LogP contribution in [0.25, 0.3) is 6.08 Å². The molecule has 94 valence electrons. The second-order valence-electron chi connectivity index (χ2n) is 3.68. The van der Waals surface area contributed by atoms with Crippen LogP contribution < -0.4 is 4.74 Å². The number of nitrogens with one attached hydrogen (secondary N) is 1. The van der Waals surface area contributed by atoms with E-state index in [1.807, 2.05) is 62.4 Å². The van der Waals surface area contributed by atoms with Gasteiger partial charge in [0.05, 0.1) is 12.3 Å². The first-order chi connectivity index (χ1) is 8.76. The zero-order valence-corrected chi connectivity index (χ0v) is 10.9. The van der Waals surface area contributed by atoms with Crippen molar-refractivity contribution in [1.82, 2.24) is 0 Å². The molecule has 1 aromatic rings. The van der Waals surface area contributed by atoms with Gasteiger partial charge in [-0.2, -0.15) is 0 Å². The first kappa shape index (κ1) is 14.0. The van der Waals surface area contributed by atoms with Crippen molar-refractivity contribution in [2.75, 3.05) is 6.61 Å². The van der Waals surface area contributed by atoms with Gasteiger partial charge in [-0.25, -0.2) is 0 Å². The lowest BCUT2D eigenvalue weighted by Gasteiger charge is -2.02. The van der Waals surface area contributed by atoms with Crippen LogP contribution in [0.3, 0.4) is 0 Å². The van der Waals surface area contributed by atoms with Crippen LogP contribution >= 0.6 is 0 Å². The zero-order chi connectivity index (χ0) is 13.2. The second-order valence-corrected chi connectivity index (χ2v) is 3.68. The Morgan fingerprint density at radius 2 is 2.11 bits per heavy atom. The minimum Gasteiger partial charge on any atom is -0.494 e. The number of hydrogen-bond donors (Lipinski definition) is 1. The summed E-state index contributed by atoms with van der Waals surface area (Å²) in [5, 5.41) is 7.71. The lowest BCUT2D eigenvalue weighted by atomic mass is 10.2. The molecule has 0 aliphatic rings. The maximum absolute atomic E-state index is 7.71. The number of ether oxygens (including phenoxy) is 1. The largest absolute Gasteiger partial charge is 0.494 e. The minimum atomic E-state index is 0.468. The average Bonchev–Trinajstić information content (AvgIpc) is 2.38. The van der Waals surface area contributed by atoms with Crippen LogP contribution in [0.5, 0.6) is 5.75 Å². The number of hydrogen-bond acceptors (Lipinski definition) is 2. The van der Waals surface area contributed by atoms with E-state index in [1.165, 1.54) is 0 Å². The highest BCUT2D eigenvalue weighted by molar-refractivity contribution is 6.04. The molecule has 0 fully saturated rings. The molecular weight excluding hydrogens is 222 g/mol. The van der Waals surface area contributed by atoms with Crippen molar-refractivity contribution in [3.63, 3.8) is 0 Å². The Morgan fingerprint density at radius 3 is 2.83 bits per heavy atom. The quantitative estimate of drug-likeness (QED) is 0.586. The fourth-order valence-electron chi connectivity index (χ4n) is 1.39. The van der Waals surface area contributed by atoms with Crippen LogP contribution in [0.2, 0.25) is 0 Å². The fourth-order valence-corrected chi connectivity index (χ4v) is 1.39. The standard InChI is InChI=1S/C16H19NO/c1-3-5-6-9-15(17)12-11-14-8-7-10-16(13-14)18-4-2/h3,5-13,17H,4H2,1-2H3. The Labute approximate surface area is 109 Å². The smallest absolute Gasteiger partial charge is 0.119 e. The lowest BCUT2D eigenvalue weighted by Crippen LogP contribution is -1.91. The van der Waals surface area contributed by atoms with E-state index in [0.29, 0.717) is 12.3 Å². The Hall–Kier alpha value is -2.09. The zero-order valence-electron chi connectivity index (χ0n) is 10.9. The van der Waals surface area contributed by atoms with Gasteiger partial charge in [0.2, 0.25) is 0 Å². The highest BCUT2D eigenvalue weighted by Gasteiger charge is 1.92. The summed E-state index contributed by atoms with van der Waals surface area (Å²) in [6.07, 6.45) is 11.1. The Bertz CT molecular complexity index is 470. The number of allylic oxidation sites excluding steroid dienone is 5. The molecule has 0 aliphatic carbocycles. The molecular formula is C16H19NO. The molecule has 0 saturated carbocycles. The van der Waals surface area contributed by atoms with Gasteiger partial charge in [-0.1, -0.05) is 36.4 Å². The van der Waals surface area contributed by atoms with Crippen molar-refractivity contribution in [1.29, 1.82) is 5.41 Å². The highest BCUT2D eigenvalue weighted by Crippen LogP contribution is 2.14. The SMILES string of the molecule is CC=CC=CC(=N)C=Cc1cccc(OCC)c1. The Kier molecular flexibility index (Phi) is 6.26. The normalized spacial score (nSPS) is 11.7. The molecule has 0 atom stereocenters. The maximum atomic E-state index is 7.71. The summed E-state index contributed by atoms with van der Waals surface area (Å²) in [5.74, 6) is 0.857. The van der Waals surface area contributed by atoms with Gasteiger partial charge in [0, 0.05) is 0 Å². The Morgan fingerprint density at radius 1 is 1.28 bits per heavy atom. The fraction of sp³-hybridized carbons (Fsp3) is 0.188. The molecule has 0 saturated heterocycles. The molecule has 0 heterocycles.